The number of nitrogens with zero attached hydrogens (tertiary/aromatic N) is 6. The van der Waals surface area contributed by atoms with Gasteiger partial charge in [0.2, 0.25) is 17.8 Å². The third-order valence-corrected chi connectivity index (χ3v) is 6.13. The normalized spacial score (nSPS) is 10.9. The van der Waals surface area contributed by atoms with E-state index in [9.17, 15) is 10.1 Å². The van der Waals surface area contributed by atoms with Gasteiger partial charge in [-0.1, -0.05) is 18.2 Å². The van der Waals surface area contributed by atoms with Crippen LogP contribution in [0.2, 0.25) is 0 Å². The summed E-state index contributed by atoms with van der Waals surface area (Å²) < 4.78 is 0. The SMILES string of the molecule is CCN(CC)c1ccc(C=NNc2nc(Nc3ccc([N+](=O)[O-])cc3)nc(Nc3ccc(C)c(C)c3)n2)cc1. The summed E-state index contributed by atoms with van der Waals surface area (Å²) in [5.41, 5.74) is 8.68. The Bertz CT molecular complexity index is 1450. The number of nitrogens with one attached hydrogen (secondary N) is 3. The number of hydrogen-bond donors (Lipinski definition) is 3. The maximum Gasteiger partial charge on any atom is 0.269 e. The molecule has 0 aliphatic carbocycles. The van der Waals surface area contributed by atoms with Gasteiger partial charge in [0.05, 0.1) is 11.1 Å². The van der Waals surface area contributed by atoms with Crippen molar-refractivity contribution < 1.29 is 4.92 Å². The second-order valence-electron chi connectivity index (χ2n) is 8.79. The first kappa shape index (κ1) is 27.0. The minimum atomic E-state index is -0.449. The summed E-state index contributed by atoms with van der Waals surface area (Å²) >= 11 is 0. The van der Waals surface area contributed by atoms with Gasteiger partial charge in [0.25, 0.3) is 5.69 Å². The molecule has 0 saturated heterocycles. The van der Waals surface area contributed by atoms with Crippen molar-refractivity contribution >= 4 is 46.8 Å². The van der Waals surface area contributed by atoms with Crippen molar-refractivity contribution in [1.82, 2.24) is 15.0 Å². The fourth-order valence-corrected chi connectivity index (χ4v) is 3.81. The highest BCUT2D eigenvalue weighted by Gasteiger charge is 2.10. The number of non-ortho nitro benzene ring substituents is 1. The molecule has 4 aromatic rings. The highest BCUT2D eigenvalue weighted by Crippen LogP contribution is 2.22. The lowest BCUT2D eigenvalue weighted by molar-refractivity contribution is -0.384. The van der Waals surface area contributed by atoms with Gasteiger partial charge in [-0.2, -0.15) is 20.1 Å². The molecule has 0 radical (unpaired) electrons. The zero-order chi connectivity index (χ0) is 27.8. The molecule has 0 saturated carbocycles. The van der Waals surface area contributed by atoms with Crippen molar-refractivity contribution in [1.29, 1.82) is 0 Å². The van der Waals surface area contributed by atoms with E-state index in [1.807, 2.05) is 44.2 Å². The number of nitro benzene ring substituents is 1. The van der Waals surface area contributed by atoms with Gasteiger partial charge in [-0.25, -0.2) is 5.43 Å². The molecule has 0 aliphatic heterocycles. The minimum Gasteiger partial charge on any atom is -0.372 e. The first-order chi connectivity index (χ1) is 18.8. The quantitative estimate of drug-likeness (QED) is 0.119. The Morgan fingerprint density at radius 2 is 1.41 bits per heavy atom. The van der Waals surface area contributed by atoms with Crippen LogP contribution >= 0.6 is 0 Å². The molecule has 39 heavy (non-hydrogen) atoms. The summed E-state index contributed by atoms with van der Waals surface area (Å²) in [5.74, 6) is 0.766. The van der Waals surface area contributed by atoms with Crippen molar-refractivity contribution in [3.05, 3.63) is 93.5 Å². The summed E-state index contributed by atoms with van der Waals surface area (Å²) in [4.78, 5) is 26.1. The van der Waals surface area contributed by atoms with Gasteiger partial charge in [-0.15, -0.1) is 0 Å². The molecule has 3 aromatic carbocycles. The zero-order valence-corrected chi connectivity index (χ0v) is 22.3. The summed E-state index contributed by atoms with van der Waals surface area (Å²) in [7, 11) is 0. The summed E-state index contributed by atoms with van der Waals surface area (Å²) in [6, 6.07) is 20.1. The number of rotatable bonds is 11. The number of hydrazone groups is 1. The molecule has 1 heterocycles. The number of anilines is 6. The van der Waals surface area contributed by atoms with Crippen molar-refractivity contribution in [3.8, 4) is 0 Å². The second-order valence-corrected chi connectivity index (χ2v) is 8.79. The molecule has 0 atom stereocenters. The van der Waals surface area contributed by atoms with Crippen LogP contribution in [0.4, 0.5) is 40.6 Å². The van der Waals surface area contributed by atoms with Crippen LogP contribution in [0.1, 0.15) is 30.5 Å². The Hall–Kier alpha value is -5.06. The van der Waals surface area contributed by atoms with Gasteiger partial charge >= 0.3 is 0 Å². The van der Waals surface area contributed by atoms with E-state index in [4.69, 9.17) is 0 Å². The van der Waals surface area contributed by atoms with Crippen LogP contribution < -0.4 is 21.0 Å². The minimum absolute atomic E-state index is 0.00452. The van der Waals surface area contributed by atoms with Crippen LogP contribution in [0.5, 0.6) is 0 Å². The molecule has 11 nitrogen and oxygen atoms in total. The fraction of sp³-hybridized carbons (Fsp3) is 0.214. The van der Waals surface area contributed by atoms with Gasteiger partial charge < -0.3 is 15.5 Å². The second kappa shape index (κ2) is 12.5. The third-order valence-electron chi connectivity index (χ3n) is 6.13. The van der Waals surface area contributed by atoms with Crippen LogP contribution in [-0.4, -0.2) is 39.2 Å². The van der Waals surface area contributed by atoms with Gasteiger partial charge in [-0.3, -0.25) is 10.1 Å². The van der Waals surface area contributed by atoms with Crippen molar-refractivity contribution in [2.75, 3.05) is 34.0 Å². The molecule has 0 bridgehead atoms. The summed E-state index contributed by atoms with van der Waals surface area (Å²) in [6.45, 7) is 10.2. The smallest absolute Gasteiger partial charge is 0.269 e. The molecule has 200 valence electrons. The molecule has 0 fully saturated rings. The average molecular weight is 526 g/mol. The molecule has 11 heteroatoms. The lowest BCUT2D eigenvalue weighted by Crippen LogP contribution is -2.21. The largest absolute Gasteiger partial charge is 0.372 e. The van der Waals surface area contributed by atoms with E-state index >= 15 is 0 Å². The third kappa shape index (κ3) is 7.25. The summed E-state index contributed by atoms with van der Waals surface area (Å²) in [5, 5.41) is 21.6. The standard InChI is InChI=1S/C28H31N9O2/c1-5-36(6-2)24-13-8-21(9-14-24)18-29-35-28-33-26(30-22-11-15-25(16-12-22)37(38)39)32-27(34-28)31-23-10-7-19(3)20(4)17-23/h7-18H,5-6H2,1-4H3,(H3,30,31,32,33,34,35). The first-order valence-electron chi connectivity index (χ1n) is 12.6. The van der Waals surface area contributed by atoms with E-state index in [-0.39, 0.29) is 17.6 Å². The zero-order valence-electron chi connectivity index (χ0n) is 22.3. The first-order valence-corrected chi connectivity index (χ1v) is 12.6. The number of aromatic nitrogens is 3. The van der Waals surface area contributed by atoms with Crippen LogP contribution in [0.15, 0.2) is 71.8 Å². The predicted molar refractivity (Wildman–Crippen MR) is 157 cm³/mol. The molecular weight excluding hydrogens is 494 g/mol. The Balaban J connectivity index is 1.55. The molecule has 3 N–H and O–H groups in total. The van der Waals surface area contributed by atoms with E-state index < -0.39 is 4.92 Å². The number of aryl methyl sites for hydroxylation is 2. The van der Waals surface area contributed by atoms with E-state index in [2.05, 4.69) is 67.0 Å². The number of hydrogen-bond acceptors (Lipinski definition) is 10. The Morgan fingerprint density at radius 3 is 2.00 bits per heavy atom. The Kier molecular flexibility index (Phi) is 8.62. The maximum atomic E-state index is 11.0. The topological polar surface area (TPSA) is 134 Å². The van der Waals surface area contributed by atoms with Gasteiger partial charge in [-0.05, 0) is 80.8 Å². The highest BCUT2D eigenvalue weighted by atomic mass is 16.6. The van der Waals surface area contributed by atoms with Gasteiger partial charge in [0.15, 0.2) is 0 Å². The molecule has 0 amide bonds. The monoisotopic (exact) mass is 525 g/mol. The van der Waals surface area contributed by atoms with Crippen molar-refractivity contribution in [3.63, 3.8) is 0 Å². The Morgan fingerprint density at radius 1 is 0.821 bits per heavy atom. The Labute approximate surface area is 227 Å². The molecule has 0 spiro atoms. The highest BCUT2D eigenvalue weighted by molar-refractivity contribution is 5.80. The van der Waals surface area contributed by atoms with E-state index in [1.165, 1.54) is 17.7 Å². The fourth-order valence-electron chi connectivity index (χ4n) is 3.81. The predicted octanol–water partition coefficient (Wildman–Crippen LogP) is 6.18. The van der Waals surface area contributed by atoms with Crippen LogP contribution in [0.3, 0.4) is 0 Å². The van der Waals surface area contributed by atoms with Crippen LogP contribution in [0, 0.1) is 24.0 Å². The van der Waals surface area contributed by atoms with E-state index in [1.54, 1.807) is 18.3 Å². The number of benzene rings is 3. The summed E-state index contributed by atoms with van der Waals surface area (Å²) in [6.07, 6.45) is 1.69. The average Bonchev–Trinajstić information content (AvgIpc) is 2.92. The molecule has 0 unspecified atom stereocenters. The lowest BCUT2D eigenvalue weighted by atomic mass is 10.1. The maximum absolute atomic E-state index is 11.0. The molecule has 4 rings (SSSR count). The lowest BCUT2D eigenvalue weighted by Gasteiger charge is -2.20. The van der Waals surface area contributed by atoms with E-state index in [0.29, 0.717) is 11.6 Å². The molecule has 1 aromatic heterocycles. The van der Waals surface area contributed by atoms with Crippen LogP contribution in [0.25, 0.3) is 0 Å². The number of nitro groups is 1. The van der Waals surface area contributed by atoms with Crippen molar-refractivity contribution in [2.45, 2.75) is 27.7 Å². The van der Waals surface area contributed by atoms with E-state index in [0.717, 1.165) is 35.6 Å². The molecular formula is C28H31N9O2. The molecule has 0 aliphatic rings. The van der Waals surface area contributed by atoms with Gasteiger partial charge in [0.1, 0.15) is 0 Å². The van der Waals surface area contributed by atoms with Crippen LogP contribution in [-0.2, 0) is 0 Å². The van der Waals surface area contributed by atoms with Gasteiger partial charge in [0, 0.05) is 42.3 Å². The van der Waals surface area contributed by atoms with Crippen molar-refractivity contribution in [2.24, 2.45) is 5.10 Å².